The maximum Gasteiger partial charge on any atom is 0.229 e. The number of carbonyl (C=O) groups excluding carboxylic acids is 1. The van der Waals surface area contributed by atoms with Crippen molar-refractivity contribution in [1.29, 1.82) is 0 Å². The number of amides is 1. The lowest BCUT2D eigenvalue weighted by atomic mass is 10.2. The third-order valence-corrected chi connectivity index (χ3v) is 4.69. The molecule has 1 aromatic heterocycles. The summed E-state index contributed by atoms with van der Waals surface area (Å²) in [6.07, 6.45) is 0.420. The summed E-state index contributed by atoms with van der Waals surface area (Å²) in [7, 11) is 3.57. The largest absolute Gasteiger partial charge is 0.383 e. The molecule has 158 valence electrons. The topological polar surface area (TPSA) is 96.7 Å². The predicted molar refractivity (Wildman–Crippen MR) is 123 cm³/mol. The fraction of sp³-hybridized carbons (Fsp3) is 0.474. The van der Waals surface area contributed by atoms with Crippen molar-refractivity contribution in [2.24, 2.45) is 12.0 Å². The van der Waals surface area contributed by atoms with Gasteiger partial charge in [-0.25, -0.2) is 4.99 Å². The van der Waals surface area contributed by atoms with Crippen LogP contribution < -0.4 is 15.5 Å². The monoisotopic (exact) mass is 513 g/mol. The molecule has 2 N–H and O–H groups in total. The van der Waals surface area contributed by atoms with Crippen LogP contribution in [0.1, 0.15) is 18.1 Å². The average molecular weight is 513 g/mol. The molecule has 1 amide bonds. The highest BCUT2D eigenvalue weighted by molar-refractivity contribution is 14.0. The number of anilines is 1. The van der Waals surface area contributed by atoms with E-state index in [0.717, 1.165) is 17.3 Å². The molecular weight excluding hydrogens is 485 g/mol. The molecule has 0 saturated carbocycles. The van der Waals surface area contributed by atoms with Gasteiger partial charge in [0.25, 0.3) is 0 Å². The van der Waals surface area contributed by atoms with Crippen molar-refractivity contribution in [3.63, 3.8) is 0 Å². The molecule has 29 heavy (non-hydrogen) atoms. The Balaban J connectivity index is 0.00000300. The number of methoxy groups -OCH3 is 1. The van der Waals surface area contributed by atoms with Crippen LogP contribution in [0.5, 0.6) is 0 Å². The summed E-state index contributed by atoms with van der Waals surface area (Å²) in [5, 5.41) is 14.8. The first kappa shape index (κ1) is 23.1. The molecule has 1 saturated heterocycles. The van der Waals surface area contributed by atoms with Crippen LogP contribution in [0.3, 0.4) is 0 Å². The zero-order valence-corrected chi connectivity index (χ0v) is 19.3. The first-order valence-corrected chi connectivity index (χ1v) is 9.32. The van der Waals surface area contributed by atoms with Gasteiger partial charge in [-0.15, -0.1) is 34.2 Å². The third kappa shape index (κ3) is 6.13. The maximum absolute atomic E-state index is 12.4. The molecular formula is C19H28IN7O2. The van der Waals surface area contributed by atoms with Crippen LogP contribution in [0.25, 0.3) is 0 Å². The second kappa shape index (κ2) is 11.1. The average Bonchev–Trinajstić information content (AvgIpc) is 3.23. The third-order valence-electron chi connectivity index (χ3n) is 4.69. The van der Waals surface area contributed by atoms with Crippen LogP contribution in [0.15, 0.2) is 35.3 Å². The van der Waals surface area contributed by atoms with Crippen molar-refractivity contribution in [3.8, 4) is 0 Å². The van der Waals surface area contributed by atoms with Crippen molar-refractivity contribution in [1.82, 2.24) is 25.4 Å². The normalized spacial score (nSPS) is 16.7. The number of hydrogen-bond donors (Lipinski definition) is 2. The summed E-state index contributed by atoms with van der Waals surface area (Å²) >= 11 is 0. The van der Waals surface area contributed by atoms with Crippen LogP contribution in [0.2, 0.25) is 0 Å². The molecule has 1 aromatic carbocycles. The van der Waals surface area contributed by atoms with Gasteiger partial charge >= 0.3 is 0 Å². The van der Waals surface area contributed by atoms with Gasteiger partial charge in [0, 0.05) is 39.4 Å². The lowest BCUT2D eigenvalue weighted by molar-refractivity contribution is -0.117. The Morgan fingerprint density at radius 2 is 2.07 bits per heavy atom. The van der Waals surface area contributed by atoms with Gasteiger partial charge in [-0.05, 0) is 19.1 Å². The number of carbonyl (C=O) groups is 1. The molecule has 1 aliphatic rings. The van der Waals surface area contributed by atoms with Gasteiger partial charge in [0.15, 0.2) is 11.8 Å². The first-order valence-electron chi connectivity index (χ1n) is 9.32. The van der Waals surface area contributed by atoms with E-state index in [2.05, 4.69) is 25.8 Å². The first-order chi connectivity index (χ1) is 13.6. The summed E-state index contributed by atoms with van der Waals surface area (Å²) in [5.41, 5.74) is 0.914. The van der Waals surface area contributed by atoms with E-state index >= 15 is 0 Å². The number of aryl methyl sites for hydroxylation is 1. The molecule has 1 unspecified atom stereocenters. The summed E-state index contributed by atoms with van der Waals surface area (Å²) in [6.45, 7) is 4.06. The number of nitrogens with one attached hydrogen (secondary N) is 2. The molecule has 0 radical (unpaired) electrons. The Labute approximate surface area is 187 Å². The second-order valence-corrected chi connectivity index (χ2v) is 6.69. The number of ether oxygens (including phenoxy) is 1. The molecule has 2 heterocycles. The van der Waals surface area contributed by atoms with E-state index in [1.54, 1.807) is 12.0 Å². The van der Waals surface area contributed by atoms with Crippen LogP contribution >= 0.6 is 24.0 Å². The Morgan fingerprint density at radius 3 is 2.72 bits per heavy atom. The lowest BCUT2D eigenvalue weighted by Crippen LogP contribution is -2.45. The molecule has 0 aliphatic carbocycles. The number of benzene rings is 1. The van der Waals surface area contributed by atoms with Crippen molar-refractivity contribution in [3.05, 3.63) is 42.0 Å². The van der Waals surface area contributed by atoms with Crippen molar-refractivity contribution in [2.75, 3.05) is 31.7 Å². The lowest BCUT2D eigenvalue weighted by Gasteiger charge is -2.19. The van der Waals surface area contributed by atoms with Gasteiger partial charge in [-0.2, -0.15) is 0 Å². The Morgan fingerprint density at radius 1 is 1.31 bits per heavy atom. The van der Waals surface area contributed by atoms with Crippen LogP contribution in [0.4, 0.5) is 5.69 Å². The maximum atomic E-state index is 12.4. The number of aliphatic imine (C=N–C) groups is 1. The van der Waals surface area contributed by atoms with Crippen LogP contribution in [0, 0.1) is 6.92 Å². The summed E-state index contributed by atoms with van der Waals surface area (Å²) in [4.78, 5) is 18.9. The minimum Gasteiger partial charge on any atom is -0.383 e. The fourth-order valence-corrected chi connectivity index (χ4v) is 3.02. The second-order valence-electron chi connectivity index (χ2n) is 6.69. The van der Waals surface area contributed by atoms with Crippen LogP contribution in [-0.2, 0) is 23.1 Å². The van der Waals surface area contributed by atoms with Gasteiger partial charge in [0.1, 0.15) is 12.4 Å². The van der Waals surface area contributed by atoms with E-state index in [9.17, 15) is 4.79 Å². The van der Waals surface area contributed by atoms with Crippen molar-refractivity contribution in [2.45, 2.75) is 25.9 Å². The zero-order chi connectivity index (χ0) is 19.9. The number of halogens is 1. The van der Waals surface area contributed by atoms with E-state index in [1.165, 1.54) is 0 Å². The standard InChI is InChI=1S/C19H27N7O2.HI/c1-14-23-24-17(25(14)2)12-21-19(20-9-10-28-3)22-15-11-18(27)26(13-15)16-7-5-4-6-8-16;/h4-8,15H,9-13H2,1-3H3,(H2,20,21,22);1H. The van der Waals surface area contributed by atoms with Crippen LogP contribution in [-0.4, -0.2) is 59.5 Å². The molecule has 1 aliphatic heterocycles. The number of hydrogen-bond acceptors (Lipinski definition) is 5. The summed E-state index contributed by atoms with van der Waals surface area (Å²) in [6, 6.07) is 9.68. The highest BCUT2D eigenvalue weighted by atomic mass is 127. The number of aromatic nitrogens is 3. The zero-order valence-electron chi connectivity index (χ0n) is 17.0. The van der Waals surface area contributed by atoms with E-state index in [1.807, 2.05) is 48.9 Å². The van der Waals surface area contributed by atoms with Crippen molar-refractivity contribution >= 4 is 41.5 Å². The van der Waals surface area contributed by atoms with E-state index in [0.29, 0.717) is 38.6 Å². The molecule has 9 nitrogen and oxygen atoms in total. The minimum atomic E-state index is -0.0252. The Bertz CT molecular complexity index is 825. The van der Waals surface area contributed by atoms with Crippen molar-refractivity contribution < 1.29 is 9.53 Å². The summed E-state index contributed by atoms with van der Waals surface area (Å²) in [5.74, 6) is 2.35. The number of para-hydroxylation sites is 1. The molecule has 0 bridgehead atoms. The predicted octanol–water partition coefficient (Wildman–Crippen LogP) is 1.23. The van der Waals surface area contributed by atoms with Gasteiger partial charge < -0.3 is 24.8 Å². The van der Waals surface area contributed by atoms with Gasteiger partial charge in [0.2, 0.25) is 5.91 Å². The smallest absolute Gasteiger partial charge is 0.229 e. The Hall–Kier alpha value is -2.21. The Kier molecular flexibility index (Phi) is 8.83. The van der Waals surface area contributed by atoms with E-state index < -0.39 is 0 Å². The van der Waals surface area contributed by atoms with Gasteiger partial charge in [-0.3, -0.25) is 4.79 Å². The SMILES string of the molecule is COCCNC(=NCc1nnc(C)n1C)NC1CC(=O)N(c2ccccc2)C1.I. The van der Waals surface area contributed by atoms with E-state index in [4.69, 9.17) is 4.74 Å². The molecule has 10 heteroatoms. The molecule has 1 atom stereocenters. The number of nitrogens with zero attached hydrogens (tertiary/aromatic N) is 5. The summed E-state index contributed by atoms with van der Waals surface area (Å²) < 4.78 is 7.01. The quantitative estimate of drug-likeness (QED) is 0.250. The minimum absolute atomic E-state index is 0. The number of rotatable bonds is 7. The molecule has 0 spiro atoms. The molecule has 3 rings (SSSR count). The number of guanidine groups is 1. The fourth-order valence-electron chi connectivity index (χ4n) is 3.02. The van der Waals surface area contributed by atoms with Gasteiger partial charge in [-0.1, -0.05) is 18.2 Å². The molecule has 2 aromatic rings. The highest BCUT2D eigenvalue weighted by Crippen LogP contribution is 2.20. The highest BCUT2D eigenvalue weighted by Gasteiger charge is 2.31. The van der Waals surface area contributed by atoms with E-state index in [-0.39, 0.29) is 35.9 Å². The van der Waals surface area contributed by atoms with Gasteiger partial charge in [0.05, 0.1) is 12.6 Å². The molecule has 1 fully saturated rings.